The predicted octanol–water partition coefficient (Wildman–Crippen LogP) is 4.19. The van der Waals surface area contributed by atoms with Gasteiger partial charge in [-0.2, -0.15) is 0 Å². The first-order valence-electron chi connectivity index (χ1n) is 4.30. The summed E-state index contributed by atoms with van der Waals surface area (Å²) in [4.78, 5) is 2.83. The van der Waals surface area contributed by atoms with Gasteiger partial charge in [0.25, 0.3) is 0 Å². The zero-order valence-electron chi connectivity index (χ0n) is 8.45. The van der Waals surface area contributed by atoms with Gasteiger partial charge in [-0.15, -0.1) is 0 Å². The Morgan fingerprint density at radius 3 is 2.57 bits per heavy atom. The molecule has 0 aliphatic heterocycles. The van der Waals surface area contributed by atoms with Gasteiger partial charge >= 0.3 is 0 Å². The highest BCUT2D eigenvalue weighted by Crippen LogP contribution is 2.28. The average molecular weight is 210 g/mol. The van der Waals surface area contributed by atoms with Crippen LogP contribution < -0.4 is 0 Å². The van der Waals surface area contributed by atoms with Gasteiger partial charge in [0.2, 0.25) is 0 Å². The van der Waals surface area contributed by atoms with Gasteiger partial charge in [-0.3, -0.25) is 0 Å². The number of halogens is 1. The van der Waals surface area contributed by atoms with E-state index in [1.165, 1.54) is 0 Å². The quantitative estimate of drug-likeness (QED) is 0.398. The molecule has 0 atom stereocenters. The van der Waals surface area contributed by atoms with Crippen LogP contribution in [0.4, 0.5) is 0 Å². The Labute approximate surface area is 88.3 Å². The number of nitrogens with zero attached hydrogens (tertiary/aromatic N) is 3. The molecule has 14 heavy (non-hydrogen) atoms. The fourth-order valence-corrected chi connectivity index (χ4v) is 1.31. The Hall–Kier alpha value is -1.18. The summed E-state index contributed by atoms with van der Waals surface area (Å²) >= 11 is 5.90. The molecule has 1 aromatic rings. The van der Waals surface area contributed by atoms with E-state index in [4.69, 9.17) is 17.1 Å². The molecule has 3 nitrogen and oxygen atoms in total. The fraction of sp³-hybridized carbons (Fsp3) is 0.400. The average Bonchev–Trinajstić information content (AvgIpc) is 2.09. The first-order valence-corrected chi connectivity index (χ1v) is 4.68. The van der Waals surface area contributed by atoms with Gasteiger partial charge in [0.05, 0.1) is 5.54 Å². The largest absolute Gasteiger partial charge is 0.0841 e. The third-order valence-corrected chi connectivity index (χ3v) is 2.58. The van der Waals surface area contributed by atoms with E-state index in [0.29, 0.717) is 0 Å². The number of hydrogen-bond acceptors (Lipinski definition) is 1. The van der Waals surface area contributed by atoms with E-state index in [-0.39, 0.29) is 0 Å². The second kappa shape index (κ2) is 3.91. The second-order valence-electron chi connectivity index (χ2n) is 3.71. The molecule has 0 bridgehead atoms. The SMILES string of the molecule is Cc1cc(C(C)(C)N=[N+]=[N-])ccc1Cl. The lowest BCUT2D eigenvalue weighted by Gasteiger charge is -2.19. The fourth-order valence-electron chi connectivity index (χ4n) is 1.19. The van der Waals surface area contributed by atoms with Gasteiger partial charge < -0.3 is 0 Å². The summed E-state index contributed by atoms with van der Waals surface area (Å²) in [6, 6.07) is 5.64. The summed E-state index contributed by atoms with van der Waals surface area (Å²) in [6.45, 7) is 5.67. The third kappa shape index (κ3) is 2.19. The molecule has 4 heteroatoms. The molecule has 0 heterocycles. The van der Waals surface area contributed by atoms with E-state index in [0.717, 1.165) is 16.1 Å². The number of benzene rings is 1. The lowest BCUT2D eigenvalue weighted by molar-refractivity contribution is 0.550. The van der Waals surface area contributed by atoms with Crippen molar-refractivity contribution in [2.24, 2.45) is 5.11 Å². The molecule has 0 saturated carbocycles. The van der Waals surface area contributed by atoms with E-state index < -0.39 is 5.54 Å². The van der Waals surface area contributed by atoms with Crippen molar-refractivity contribution in [3.63, 3.8) is 0 Å². The van der Waals surface area contributed by atoms with E-state index in [1.54, 1.807) is 0 Å². The molecular weight excluding hydrogens is 198 g/mol. The molecule has 0 spiro atoms. The van der Waals surface area contributed by atoms with Gasteiger partial charge in [0.15, 0.2) is 0 Å². The smallest absolute Gasteiger partial charge is 0.0681 e. The molecule has 0 aromatic heterocycles. The van der Waals surface area contributed by atoms with Crippen molar-refractivity contribution < 1.29 is 0 Å². The van der Waals surface area contributed by atoms with Gasteiger partial charge in [-0.1, -0.05) is 42.7 Å². The van der Waals surface area contributed by atoms with Crippen molar-refractivity contribution in [3.05, 3.63) is 44.8 Å². The third-order valence-electron chi connectivity index (χ3n) is 2.16. The summed E-state index contributed by atoms with van der Waals surface area (Å²) in [7, 11) is 0. The molecule has 1 aromatic carbocycles. The van der Waals surface area contributed by atoms with E-state index in [2.05, 4.69) is 10.0 Å². The zero-order valence-corrected chi connectivity index (χ0v) is 9.21. The molecule has 0 amide bonds. The van der Waals surface area contributed by atoms with Crippen LogP contribution in [0.2, 0.25) is 5.02 Å². The molecule has 0 aliphatic rings. The molecule has 0 fully saturated rings. The molecule has 74 valence electrons. The summed E-state index contributed by atoms with van der Waals surface area (Å²) < 4.78 is 0. The highest BCUT2D eigenvalue weighted by atomic mass is 35.5. The standard InChI is InChI=1S/C10H12ClN3/c1-7-6-8(4-5-9(7)11)10(2,3)13-14-12/h4-6H,1-3H3. The second-order valence-corrected chi connectivity index (χ2v) is 4.12. The van der Waals surface area contributed by atoms with Crippen molar-refractivity contribution in [2.45, 2.75) is 26.3 Å². The monoisotopic (exact) mass is 209 g/mol. The van der Waals surface area contributed by atoms with Crippen LogP contribution in [0.1, 0.15) is 25.0 Å². The highest BCUT2D eigenvalue weighted by molar-refractivity contribution is 6.31. The summed E-state index contributed by atoms with van der Waals surface area (Å²) in [6.07, 6.45) is 0. The summed E-state index contributed by atoms with van der Waals surface area (Å²) in [5, 5.41) is 4.46. The van der Waals surface area contributed by atoms with Gasteiger partial charge in [0, 0.05) is 9.93 Å². The number of rotatable bonds is 2. The molecule has 0 radical (unpaired) electrons. The van der Waals surface area contributed by atoms with Crippen LogP contribution in [0, 0.1) is 6.92 Å². The van der Waals surface area contributed by atoms with E-state index in [9.17, 15) is 0 Å². The molecule has 0 N–H and O–H groups in total. The van der Waals surface area contributed by atoms with Gasteiger partial charge in [0.1, 0.15) is 0 Å². The molecule has 0 unspecified atom stereocenters. The van der Waals surface area contributed by atoms with Crippen LogP contribution in [0.5, 0.6) is 0 Å². The minimum atomic E-state index is -0.524. The Bertz CT molecular complexity index is 392. The molecular formula is C10H12ClN3. The van der Waals surface area contributed by atoms with Crippen LogP contribution in [0.3, 0.4) is 0 Å². The molecule has 1 rings (SSSR count). The van der Waals surface area contributed by atoms with Gasteiger partial charge in [-0.25, -0.2) is 0 Å². The minimum absolute atomic E-state index is 0.524. The van der Waals surface area contributed by atoms with Gasteiger partial charge in [-0.05, 0) is 29.6 Å². The maximum atomic E-state index is 8.42. The minimum Gasteiger partial charge on any atom is -0.0841 e. The van der Waals surface area contributed by atoms with Crippen molar-refractivity contribution in [3.8, 4) is 0 Å². The van der Waals surface area contributed by atoms with Crippen LogP contribution >= 0.6 is 11.6 Å². The van der Waals surface area contributed by atoms with Crippen molar-refractivity contribution in [1.29, 1.82) is 0 Å². The van der Waals surface area contributed by atoms with Crippen LogP contribution in [0.15, 0.2) is 23.3 Å². The Morgan fingerprint density at radius 1 is 1.43 bits per heavy atom. The van der Waals surface area contributed by atoms with Crippen LogP contribution in [0.25, 0.3) is 10.4 Å². The first-order chi connectivity index (χ1) is 6.47. The zero-order chi connectivity index (χ0) is 10.8. The number of hydrogen-bond donors (Lipinski definition) is 0. The molecule has 0 aliphatic carbocycles. The Morgan fingerprint density at radius 2 is 2.07 bits per heavy atom. The van der Waals surface area contributed by atoms with Crippen molar-refractivity contribution in [1.82, 2.24) is 0 Å². The van der Waals surface area contributed by atoms with Crippen LogP contribution in [-0.2, 0) is 5.54 Å². The lowest BCUT2D eigenvalue weighted by Crippen LogP contribution is -2.12. The summed E-state index contributed by atoms with van der Waals surface area (Å²) in [5.41, 5.74) is 9.86. The Kier molecular flexibility index (Phi) is 3.04. The normalized spacial score (nSPS) is 10.9. The highest BCUT2D eigenvalue weighted by Gasteiger charge is 2.18. The van der Waals surface area contributed by atoms with Crippen molar-refractivity contribution in [2.75, 3.05) is 0 Å². The molecule has 0 saturated heterocycles. The first kappa shape index (κ1) is 10.9. The Balaban J connectivity index is 3.20. The maximum absolute atomic E-state index is 8.42. The van der Waals surface area contributed by atoms with Crippen LogP contribution in [-0.4, -0.2) is 0 Å². The van der Waals surface area contributed by atoms with E-state index in [1.807, 2.05) is 39.0 Å². The van der Waals surface area contributed by atoms with Crippen molar-refractivity contribution >= 4 is 11.6 Å². The number of azide groups is 1. The number of aryl methyl sites for hydroxylation is 1. The topological polar surface area (TPSA) is 48.8 Å². The predicted molar refractivity (Wildman–Crippen MR) is 58.4 cm³/mol. The summed E-state index contributed by atoms with van der Waals surface area (Å²) in [5.74, 6) is 0. The maximum Gasteiger partial charge on any atom is 0.0681 e. The lowest BCUT2D eigenvalue weighted by atomic mass is 9.94. The van der Waals surface area contributed by atoms with E-state index >= 15 is 0 Å².